The van der Waals surface area contributed by atoms with Gasteiger partial charge in [0.05, 0.1) is 5.60 Å². The van der Waals surface area contributed by atoms with Gasteiger partial charge >= 0.3 is 6.03 Å². The lowest BCUT2D eigenvalue weighted by molar-refractivity contribution is 0.0869. The zero-order valence-electron chi connectivity index (χ0n) is 11.1. The smallest absolute Gasteiger partial charge is 0.315 e. The second-order valence-electron chi connectivity index (χ2n) is 4.59. The third kappa shape index (κ3) is 6.84. The van der Waals surface area contributed by atoms with Crippen molar-refractivity contribution in [3.05, 3.63) is 34.3 Å². The van der Waals surface area contributed by atoms with E-state index in [-0.39, 0.29) is 12.6 Å². The van der Waals surface area contributed by atoms with Crippen LogP contribution in [-0.2, 0) is 6.54 Å². The molecule has 0 heterocycles. The molecule has 4 nitrogen and oxygen atoms in total. The lowest BCUT2D eigenvalue weighted by Crippen LogP contribution is -2.45. The minimum absolute atomic E-state index is 0.236. The van der Waals surface area contributed by atoms with Crippen LogP contribution in [0, 0.1) is 0 Å². The Kier molecular flexibility index (Phi) is 6.68. The highest BCUT2D eigenvalue weighted by Crippen LogP contribution is 2.10. The first kappa shape index (κ1) is 16.3. The molecule has 1 atom stereocenters. The van der Waals surface area contributed by atoms with Gasteiger partial charge in [0.2, 0.25) is 0 Å². The van der Waals surface area contributed by atoms with Gasteiger partial charge in [-0.3, -0.25) is 0 Å². The number of carbonyl (C=O) groups is 1. The van der Waals surface area contributed by atoms with E-state index in [1.165, 1.54) is 0 Å². The Morgan fingerprint density at radius 1 is 1.37 bits per heavy atom. The number of hydrogen-bond acceptors (Lipinski definition) is 3. The summed E-state index contributed by atoms with van der Waals surface area (Å²) in [5.41, 5.74) is 0.142. The summed E-state index contributed by atoms with van der Waals surface area (Å²) in [5.74, 6) is 0.583. The highest BCUT2D eigenvalue weighted by molar-refractivity contribution is 9.10. The van der Waals surface area contributed by atoms with E-state index in [9.17, 15) is 9.90 Å². The molecule has 1 aromatic rings. The predicted molar refractivity (Wildman–Crippen MR) is 83.4 cm³/mol. The number of urea groups is 1. The molecule has 0 radical (unpaired) electrons. The van der Waals surface area contributed by atoms with Crippen molar-refractivity contribution in [3.8, 4) is 0 Å². The molecular formula is C13H19BrN2O2S. The van der Waals surface area contributed by atoms with Crippen molar-refractivity contribution in [2.75, 3.05) is 18.6 Å². The zero-order chi connectivity index (χ0) is 14.3. The molecule has 3 N–H and O–H groups in total. The van der Waals surface area contributed by atoms with Crippen molar-refractivity contribution in [1.29, 1.82) is 0 Å². The summed E-state index contributed by atoms with van der Waals surface area (Å²) >= 11 is 4.90. The number of benzene rings is 1. The Morgan fingerprint density at radius 2 is 2.00 bits per heavy atom. The number of halogens is 1. The maximum absolute atomic E-state index is 11.6. The van der Waals surface area contributed by atoms with E-state index in [2.05, 4.69) is 26.6 Å². The quantitative estimate of drug-likeness (QED) is 0.740. The molecule has 0 bridgehead atoms. The average molecular weight is 347 g/mol. The fourth-order valence-corrected chi connectivity index (χ4v) is 2.47. The van der Waals surface area contributed by atoms with E-state index in [4.69, 9.17) is 0 Å². The zero-order valence-corrected chi connectivity index (χ0v) is 13.5. The summed E-state index contributed by atoms with van der Waals surface area (Å²) in [5, 5.41) is 15.3. The minimum Gasteiger partial charge on any atom is -0.387 e. The first-order valence-electron chi connectivity index (χ1n) is 5.90. The average Bonchev–Trinajstić information content (AvgIpc) is 2.36. The van der Waals surface area contributed by atoms with E-state index >= 15 is 0 Å². The molecule has 0 aliphatic carbocycles. The molecule has 0 saturated heterocycles. The molecule has 19 heavy (non-hydrogen) atoms. The molecule has 1 rings (SSSR count). The first-order chi connectivity index (χ1) is 8.93. The van der Waals surface area contributed by atoms with Gasteiger partial charge in [-0.25, -0.2) is 4.79 Å². The molecule has 1 unspecified atom stereocenters. The number of thioether (sulfide) groups is 1. The standard InChI is InChI=1S/C13H19BrN2O2S/c1-13(18,9-19-2)8-16-12(17)15-7-10-3-5-11(14)6-4-10/h3-6,18H,7-9H2,1-2H3,(H2,15,16,17). The van der Waals surface area contributed by atoms with Crippen molar-refractivity contribution in [1.82, 2.24) is 10.6 Å². The minimum atomic E-state index is -0.881. The number of amides is 2. The van der Waals surface area contributed by atoms with Crippen LogP contribution in [0.2, 0.25) is 0 Å². The van der Waals surface area contributed by atoms with Crippen molar-refractivity contribution < 1.29 is 9.90 Å². The molecule has 0 spiro atoms. The topological polar surface area (TPSA) is 61.4 Å². The Labute approximate surface area is 126 Å². The Bertz CT molecular complexity index is 410. The summed E-state index contributed by atoms with van der Waals surface area (Å²) in [6.07, 6.45) is 1.92. The Morgan fingerprint density at radius 3 is 2.58 bits per heavy atom. The highest BCUT2D eigenvalue weighted by Gasteiger charge is 2.20. The molecule has 6 heteroatoms. The van der Waals surface area contributed by atoms with E-state index in [1.54, 1.807) is 18.7 Å². The fourth-order valence-electron chi connectivity index (χ4n) is 1.48. The van der Waals surface area contributed by atoms with Crippen LogP contribution in [0.5, 0.6) is 0 Å². The van der Waals surface area contributed by atoms with Crippen LogP contribution in [0.4, 0.5) is 4.79 Å². The number of hydrogen-bond donors (Lipinski definition) is 3. The van der Waals surface area contributed by atoms with Crippen LogP contribution in [0.25, 0.3) is 0 Å². The SMILES string of the molecule is CSCC(C)(O)CNC(=O)NCc1ccc(Br)cc1. The van der Waals surface area contributed by atoms with Gasteiger partial charge < -0.3 is 15.7 Å². The summed E-state index contributed by atoms with van der Waals surface area (Å²) < 4.78 is 1.01. The van der Waals surface area contributed by atoms with Gasteiger partial charge in [0.15, 0.2) is 0 Å². The van der Waals surface area contributed by atoms with E-state index in [1.807, 2.05) is 30.5 Å². The predicted octanol–water partition coefficient (Wildman–Crippen LogP) is 2.36. The third-order valence-corrected chi connectivity index (χ3v) is 3.89. The van der Waals surface area contributed by atoms with Crippen LogP contribution >= 0.6 is 27.7 Å². The third-order valence-electron chi connectivity index (χ3n) is 2.45. The molecule has 0 aromatic heterocycles. The van der Waals surface area contributed by atoms with Gasteiger partial charge in [0, 0.05) is 23.3 Å². The summed E-state index contributed by atoms with van der Waals surface area (Å²) in [7, 11) is 0. The van der Waals surface area contributed by atoms with Crippen LogP contribution in [0.1, 0.15) is 12.5 Å². The van der Waals surface area contributed by atoms with Gasteiger partial charge in [-0.1, -0.05) is 28.1 Å². The van der Waals surface area contributed by atoms with Gasteiger partial charge in [-0.2, -0.15) is 11.8 Å². The number of nitrogens with one attached hydrogen (secondary N) is 2. The normalized spacial score (nSPS) is 13.7. The number of aliphatic hydroxyl groups is 1. The van der Waals surface area contributed by atoms with E-state index in [0.717, 1.165) is 10.0 Å². The van der Waals surface area contributed by atoms with E-state index < -0.39 is 5.60 Å². The van der Waals surface area contributed by atoms with Crippen molar-refractivity contribution in [3.63, 3.8) is 0 Å². The molecule has 1 aromatic carbocycles. The van der Waals surface area contributed by atoms with Crippen molar-refractivity contribution in [2.45, 2.75) is 19.1 Å². The molecule has 0 saturated carbocycles. The summed E-state index contributed by atoms with van der Waals surface area (Å²) in [6, 6.07) is 7.46. The molecule has 106 valence electrons. The number of carbonyl (C=O) groups excluding carboxylic acids is 1. The van der Waals surface area contributed by atoms with Crippen LogP contribution in [0.3, 0.4) is 0 Å². The summed E-state index contributed by atoms with van der Waals surface area (Å²) in [6.45, 7) is 2.41. The van der Waals surface area contributed by atoms with Crippen LogP contribution in [-0.4, -0.2) is 35.3 Å². The van der Waals surface area contributed by atoms with Crippen LogP contribution in [0.15, 0.2) is 28.7 Å². The first-order valence-corrected chi connectivity index (χ1v) is 8.09. The maximum Gasteiger partial charge on any atom is 0.315 e. The van der Waals surface area contributed by atoms with Gasteiger partial charge in [0.1, 0.15) is 0 Å². The monoisotopic (exact) mass is 346 g/mol. The number of rotatable bonds is 6. The van der Waals surface area contributed by atoms with Gasteiger partial charge in [-0.05, 0) is 30.9 Å². The molecule has 0 aliphatic rings. The lowest BCUT2D eigenvalue weighted by Gasteiger charge is -2.22. The second kappa shape index (κ2) is 7.77. The van der Waals surface area contributed by atoms with Crippen molar-refractivity contribution >= 4 is 33.7 Å². The molecular weight excluding hydrogens is 328 g/mol. The molecule has 0 fully saturated rings. The van der Waals surface area contributed by atoms with Gasteiger partial charge in [0.25, 0.3) is 0 Å². The van der Waals surface area contributed by atoms with Crippen molar-refractivity contribution in [2.24, 2.45) is 0 Å². The Hall–Kier alpha value is -0.720. The maximum atomic E-state index is 11.6. The lowest BCUT2D eigenvalue weighted by atomic mass is 10.1. The highest BCUT2D eigenvalue weighted by atomic mass is 79.9. The second-order valence-corrected chi connectivity index (χ2v) is 6.37. The molecule has 0 aliphatic heterocycles. The van der Waals surface area contributed by atoms with Crippen LogP contribution < -0.4 is 10.6 Å². The molecule has 2 amide bonds. The van der Waals surface area contributed by atoms with E-state index in [0.29, 0.717) is 12.3 Å². The largest absolute Gasteiger partial charge is 0.387 e. The summed E-state index contributed by atoms with van der Waals surface area (Å²) in [4.78, 5) is 11.6. The van der Waals surface area contributed by atoms with Gasteiger partial charge in [-0.15, -0.1) is 0 Å². The Balaban J connectivity index is 2.30. The fraction of sp³-hybridized carbons (Fsp3) is 0.462.